The Morgan fingerprint density at radius 2 is 1.92 bits per heavy atom. The maximum Gasteiger partial charge on any atom is 0.342 e. The van der Waals surface area contributed by atoms with Crippen molar-refractivity contribution in [3.8, 4) is 0 Å². The quantitative estimate of drug-likeness (QED) is 0.499. The Morgan fingerprint density at radius 3 is 2.25 bits per heavy atom. The number of aliphatic hydroxyl groups is 1. The Labute approximate surface area is 71.5 Å². The average molecular weight is 174 g/mol. The highest BCUT2D eigenvalue weighted by molar-refractivity contribution is 5.87. The molecule has 0 aliphatic rings. The van der Waals surface area contributed by atoms with Crippen LogP contribution in [0.4, 0.5) is 0 Å². The third-order valence-corrected chi connectivity index (χ3v) is 1.38. The van der Waals surface area contributed by atoms with E-state index in [1.807, 2.05) is 0 Å². The molecule has 0 fully saturated rings. The maximum absolute atomic E-state index is 10.9. The molecule has 70 valence electrons. The maximum atomic E-state index is 10.9. The van der Waals surface area contributed by atoms with E-state index < -0.39 is 18.0 Å². The van der Waals surface area contributed by atoms with Crippen molar-refractivity contribution in [1.29, 1.82) is 0 Å². The van der Waals surface area contributed by atoms with Gasteiger partial charge in [0, 0.05) is 6.42 Å². The van der Waals surface area contributed by atoms with Crippen LogP contribution >= 0.6 is 0 Å². The summed E-state index contributed by atoms with van der Waals surface area (Å²) in [4.78, 5) is 21.5. The number of carbonyl (C=O) groups is 2. The molecule has 0 rings (SSSR count). The SMILES string of the molecule is CCC(=O)OC(=O)C(O)C(C)C. The lowest BCUT2D eigenvalue weighted by molar-refractivity contribution is -0.167. The number of ether oxygens (including phenoxy) is 1. The van der Waals surface area contributed by atoms with Gasteiger partial charge < -0.3 is 9.84 Å². The van der Waals surface area contributed by atoms with Crippen molar-refractivity contribution < 1.29 is 19.4 Å². The van der Waals surface area contributed by atoms with Gasteiger partial charge in [0.05, 0.1) is 0 Å². The summed E-state index contributed by atoms with van der Waals surface area (Å²) in [5.74, 6) is -1.71. The van der Waals surface area contributed by atoms with Crippen molar-refractivity contribution in [3.05, 3.63) is 0 Å². The molecule has 1 N–H and O–H groups in total. The molecule has 0 radical (unpaired) electrons. The molecule has 0 heterocycles. The molecule has 0 bridgehead atoms. The molecular formula is C8H14O4. The molecule has 0 aromatic carbocycles. The summed E-state index contributed by atoms with van der Waals surface area (Å²) in [6, 6.07) is 0. The first-order valence-corrected chi connectivity index (χ1v) is 3.91. The van der Waals surface area contributed by atoms with Crippen LogP contribution in [0.1, 0.15) is 27.2 Å². The van der Waals surface area contributed by atoms with Gasteiger partial charge in [-0.2, -0.15) is 0 Å². The number of aliphatic hydroxyl groups excluding tert-OH is 1. The van der Waals surface area contributed by atoms with Gasteiger partial charge in [0.25, 0.3) is 0 Å². The van der Waals surface area contributed by atoms with Crippen LogP contribution in [0.5, 0.6) is 0 Å². The minimum absolute atomic E-state index is 0.135. The largest absolute Gasteiger partial charge is 0.391 e. The topological polar surface area (TPSA) is 63.6 Å². The summed E-state index contributed by atoms with van der Waals surface area (Å²) in [5, 5.41) is 9.11. The molecule has 0 saturated heterocycles. The normalized spacial score (nSPS) is 12.8. The van der Waals surface area contributed by atoms with Crippen molar-refractivity contribution in [2.75, 3.05) is 0 Å². The standard InChI is InChI=1S/C8H14O4/c1-4-6(9)12-8(11)7(10)5(2)3/h5,7,10H,4H2,1-3H3. The van der Waals surface area contributed by atoms with Crippen LogP contribution in [0.25, 0.3) is 0 Å². The van der Waals surface area contributed by atoms with Crippen LogP contribution in [0.15, 0.2) is 0 Å². The van der Waals surface area contributed by atoms with E-state index in [1.54, 1.807) is 20.8 Å². The molecule has 0 aromatic heterocycles. The third kappa shape index (κ3) is 3.48. The van der Waals surface area contributed by atoms with E-state index in [9.17, 15) is 9.59 Å². The molecule has 0 saturated carbocycles. The second kappa shape index (κ2) is 4.87. The second-order valence-electron chi connectivity index (χ2n) is 2.84. The molecule has 0 aromatic rings. The Hall–Kier alpha value is -0.900. The number of hydrogen-bond donors (Lipinski definition) is 1. The van der Waals surface area contributed by atoms with Gasteiger partial charge >= 0.3 is 11.9 Å². The average Bonchev–Trinajstić information content (AvgIpc) is 2.02. The summed E-state index contributed by atoms with van der Waals surface area (Å²) in [6.07, 6.45) is -1.07. The summed E-state index contributed by atoms with van der Waals surface area (Å²) in [5.41, 5.74) is 0. The first-order valence-electron chi connectivity index (χ1n) is 3.91. The molecule has 0 spiro atoms. The van der Waals surface area contributed by atoms with Gasteiger partial charge in [-0.1, -0.05) is 20.8 Å². The zero-order valence-electron chi connectivity index (χ0n) is 7.53. The lowest BCUT2D eigenvalue weighted by Gasteiger charge is -2.11. The van der Waals surface area contributed by atoms with Crippen molar-refractivity contribution >= 4 is 11.9 Å². The van der Waals surface area contributed by atoms with Gasteiger partial charge in [-0.05, 0) is 5.92 Å². The van der Waals surface area contributed by atoms with Gasteiger partial charge in [-0.15, -0.1) is 0 Å². The van der Waals surface area contributed by atoms with Gasteiger partial charge in [-0.25, -0.2) is 4.79 Å². The molecule has 4 heteroatoms. The van der Waals surface area contributed by atoms with Crippen LogP contribution in [-0.2, 0) is 14.3 Å². The third-order valence-electron chi connectivity index (χ3n) is 1.38. The summed E-state index contributed by atoms with van der Waals surface area (Å²) in [6.45, 7) is 4.92. The van der Waals surface area contributed by atoms with Gasteiger partial charge in [-0.3, -0.25) is 4.79 Å². The highest BCUT2D eigenvalue weighted by atomic mass is 16.6. The zero-order valence-corrected chi connectivity index (χ0v) is 7.53. The van der Waals surface area contributed by atoms with E-state index in [0.29, 0.717) is 0 Å². The first kappa shape index (κ1) is 11.1. The number of esters is 2. The fourth-order valence-corrected chi connectivity index (χ4v) is 0.517. The fourth-order valence-electron chi connectivity index (χ4n) is 0.517. The summed E-state index contributed by atoms with van der Waals surface area (Å²) in [7, 11) is 0. The van der Waals surface area contributed by atoms with Crippen molar-refractivity contribution in [2.24, 2.45) is 5.92 Å². The highest BCUT2D eigenvalue weighted by Gasteiger charge is 2.22. The second-order valence-corrected chi connectivity index (χ2v) is 2.84. The predicted octanol–water partition coefficient (Wildman–Crippen LogP) is 0.483. The minimum Gasteiger partial charge on any atom is -0.391 e. The van der Waals surface area contributed by atoms with E-state index in [2.05, 4.69) is 4.74 Å². The van der Waals surface area contributed by atoms with E-state index >= 15 is 0 Å². The van der Waals surface area contributed by atoms with Crippen LogP contribution in [0.3, 0.4) is 0 Å². The van der Waals surface area contributed by atoms with Crippen LogP contribution in [-0.4, -0.2) is 23.1 Å². The Morgan fingerprint density at radius 1 is 1.42 bits per heavy atom. The predicted molar refractivity (Wildman–Crippen MR) is 42.2 cm³/mol. The van der Waals surface area contributed by atoms with E-state index in [-0.39, 0.29) is 12.3 Å². The molecule has 1 atom stereocenters. The molecule has 0 aliphatic heterocycles. The number of rotatable bonds is 3. The Kier molecular flexibility index (Phi) is 4.51. The molecule has 12 heavy (non-hydrogen) atoms. The van der Waals surface area contributed by atoms with Crippen molar-refractivity contribution in [1.82, 2.24) is 0 Å². The van der Waals surface area contributed by atoms with Gasteiger partial charge in [0.1, 0.15) is 0 Å². The fraction of sp³-hybridized carbons (Fsp3) is 0.750. The molecule has 4 nitrogen and oxygen atoms in total. The van der Waals surface area contributed by atoms with Crippen LogP contribution in [0.2, 0.25) is 0 Å². The molecule has 0 amide bonds. The number of hydrogen-bond acceptors (Lipinski definition) is 4. The Balaban J connectivity index is 3.96. The van der Waals surface area contributed by atoms with E-state index in [4.69, 9.17) is 5.11 Å². The van der Waals surface area contributed by atoms with Crippen LogP contribution < -0.4 is 0 Å². The van der Waals surface area contributed by atoms with E-state index in [1.165, 1.54) is 0 Å². The van der Waals surface area contributed by atoms with Gasteiger partial charge in [0.15, 0.2) is 6.10 Å². The molecule has 0 aliphatic carbocycles. The zero-order chi connectivity index (χ0) is 9.72. The van der Waals surface area contributed by atoms with Crippen LogP contribution in [0, 0.1) is 5.92 Å². The lowest BCUT2D eigenvalue weighted by atomic mass is 10.1. The van der Waals surface area contributed by atoms with Crippen molar-refractivity contribution in [2.45, 2.75) is 33.3 Å². The minimum atomic E-state index is -1.21. The summed E-state index contributed by atoms with van der Waals surface area (Å²) >= 11 is 0. The number of carbonyl (C=O) groups excluding carboxylic acids is 2. The molecular weight excluding hydrogens is 160 g/mol. The highest BCUT2D eigenvalue weighted by Crippen LogP contribution is 2.03. The monoisotopic (exact) mass is 174 g/mol. The summed E-state index contributed by atoms with van der Waals surface area (Å²) < 4.78 is 4.29. The smallest absolute Gasteiger partial charge is 0.342 e. The van der Waals surface area contributed by atoms with Gasteiger partial charge in [0.2, 0.25) is 0 Å². The molecule has 1 unspecified atom stereocenters. The first-order chi connectivity index (χ1) is 5.49. The lowest BCUT2D eigenvalue weighted by Crippen LogP contribution is -2.29. The van der Waals surface area contributed by atoms with Crippen molar-refractivity contribution in [3.63, 3.8) is 0 Å². The van der Waals surface area contributed by atoms with E-state index in [0.717, 1.165) is 0 Å². The Bertz CT molecular complexity index is 174.